The zero-order valence-corrected chi connectivity index (χ0v) is 18.8. The summed E-state index contributed by atoms with van der Waals surface area (Å²) in [4.78, 5) is 6.87. The molecule has 1 aromatic carbocycles. The molecule has 0 aliphatic carbocycles. The Kier molecular flexibility index (Phi) is 6.00. The number of nitrogens with zero attached hydrogens (tertiary/aromatic N) is 3. The third-order valence-corrected chi connectivity index (χ3v) is 8.45. The second-order valence-electron chi connectivity index (χ2n) is 9.17. The molecule has 29 heavy (non-hydrogen) atoms. The summed E-state index contributed by atoms with van der Waals surface area (Å²) >= 11 is 0. The van der Waals surface area contributed by atoms with E-state index in [1.165, 1.54) is 19.5 Å². The van der Waals surface area contributed by atoms with E-state index in [-0.39, 0.29) is 0 Å². The van der Waals surface area contributed by atoms with E-state index in [1.54, 1.807) is 21.3 Å². The van der Waals surface area contributed by atoms with Crippen molar-refractivity contribution in [3.8, 4) is 0 Å². The van der Waals surface area contributed by atoms with Crippen molar-refractivity contribution in [1.29, 1.82) is 0 Å². The molecule has 2 fully saturated rings. The van der Waals surface area contributed by atoms with Gasteiger partial charge in [-0.3, -0.25) is 0 Å². The van der Waals surface area contributed by atoms with Gasteiger partial charge < -0.3 is 9.47 Å². The van der Waals surface area contributed by atoms with Gasteiger partial charge in [0.2, 0.25) is 10.0 Å². The molecule has 1 aromatic heterocycles. The summed E-state index contributed by atoms with van der Waals surface area (Å²) in [6, 6.07) is 5.50. The first-order valence-corrected chi connectivity index (χ1v) is 12.7. The Hall–Kier alpha value is -1.44. The number of imidazole rings is 1. The second-order valence-corrected chi connectivity index (χ2v) is 11.1. The lowest BCUT2D eigenvalue weighted by Gasteiger charge is -2.31. The van der Waals surface area contributed by atoms with Gasteiger partial charge in [0.25, 0.3) is 0 Å². The third-order valence-electron chi connectivity index (χ3n) is 6.55. The summed E-state index contributed by atoms with van der Waals surface area (Å²) in [5.41, 5.74) is 1.84. The largest absolute Gasteiger partial charge is 0.328 e. The highest BCUT2D eigenvalue weighted by atomic mass is 32.2. The summed E-state index contributed by atoms with van der Waals surface area (Å²) in [6.07, 6.45) is 4.33. The molecule has 160 valence electrons. The van der Waals surface area contributed by atoms with Crippen molar-refractivity contribution in [2.45, 2.75) is 64.4 Å². The first kappa shape index (κ1) is 20.8. The number of likely N-dealkylation sites (tertiary alicyclic amines) is 1. The van der Waals surface area contributed by atoms with Crippen LogP contribution in [0, 0.1) is 11.8 Å². The fraction of sp³-hybridized carbons (Fsp3) is 0.682. The minimum Gasteiger partial charge on any atom is -0.328 e. The molecule has 2 atom stereocenters. The van der Waals surface area contributed by atoms with E-state index in [0.717, 1.165) is 61.0 Å². The van der Waals surface area contributed by atoms with Gasteiger partial charge in [-0.15, -0.1) is 0 Å². The number of benzene rings is 1. The predicted octanol–water partition coefficient (Wildman–Crippen LogP) is 2.29. The van der Waals surface area contributed by atoms with Crippen LogP contribution in [0.1, 0.15) is 52.3 Å². The quantitative estimate of drug-likeness (QED) is 0.809. The zero-order valence-electron chi connectivity index (χ0n) is 18.0. The predicted molar refractivity (Wildman–Crippen MR) is 115 cm³/mol. The molecule has 1 N–H and O–H groups in total. The SMILES string of the molecule is CCn1c(C[NH+]2C[C@@H](C)C[C@H](C)C2)nc2cc(S(=O)(=O)N3CCCCC3)ccc21. The standard InChI is InChI=1S/C22H34N4O2S/c1-4-26-21-9-8-19(29(27,28)25-10-6-5-7-11-25)13-20(21)23-22(26)16-24-14-17(2)12-18(3)15-24/h8-9,13,17-18H,4-7,10-12,14-16H2,1-3H3/p+1/t17-,18-/m0/s1. The molecule has 0 spiro atoms. The monoisotopic (exact) mass is 419 g/mol. The minimum absolute atomic E-state index is 0.381. The number of sulfonamides is 1. The molecule has 7 heteroatoms. The van der Waals surface area contributed by atoms with Crippen LogP contribution in [-0.4, -0.2) is 48.5 Å². The lowest BCUT2D eigenvalue weighted by Crippen LogP contribution is -3.13. The molecule has 0 saturated carbocycles. The Morgan fingerprint density at radius 3 is 2.45 bits per heavy atom. The van der Waals surface area contributed by atoms with Gasteiger partial charge in [-0.2, -0.15) is 4.31 Å². The smallest absolute Gasteiger partial charge is 0.243 e. The lowest BCUT2D eigenvalue weighted by molar-refractivity contribution is -0.926. The highest BCUT2D eigenvalue weighted by Crippen LogP contribution is 2.25. The summed E-state index contributed by atoms with van der Waals surface area (Å²) < 4.78 is 30.0. The molecular weight excluding hydrogens is 384 g/mol. The summed E-state index contributed by atoms with van der Waals surface area (Å²) in [5, 5.41) is 0. The van der Waals surface area contributed by atoms with Crippen LogP contribution in [0.4, 0.5) is 0 Å². The van der Waals surface area contributed by atoms with E-state index in [4.69, 9.17) is 4.98 Å². The van der Waals surface area contributed by atoms with E-state index in [0.29, 0.717) is 18.0 Å². The Balaban J connectivity index is 1.64. The second kappa shape index (κ2) is 8.36. The molecular formula is C22H35N4O2S+. The van der Waals surface area contributed by atoms with Crippen molar-refractivity contribution in [3.63, 3.8) is 0 Å². The molecule has 0 amide bonds. The van der Waals surface area contributed by atoms with Gasteiger partial charge in [0.05, 0.1) is 29.0 Å². The first-order chi connectivity index (χ1) is 13.9. The van der Waals surface area contributed by atoms with Gasteiger partial charge in [-0.25, -0.2) is 13.4 Å². The number of fused-ring (bicyclic) bond motifs is 1. The lowest BCUT2D eigenvalue weighted by atomic mass is 9.92. The summed E-state index contributed by atoms with van der Waals surface area (Å²) in [5.74, 6) is 2.57. The van der Waals surface area contributed by atoms with Gasteiger partial charge >= 0.3 is 0 Å². The van der Waals surface area contributed by atoms with E-state index < -0.39 is 10.0 Å². The Morgan fingerprint density at radius 2 is 1.79 bits per heavy atom. The topological polar surface area (TPSA) is 59.6 Å². The Bertz CT molecular complexity index is 953. The van der Waals surface area contributed by atoms with Crippen LogP contribution in [0.5, 0.6) is 0 Å². The number of nitrogens with one attached hydrogen (secondary N) is 1. The highest BCUT2D eigenvalue weighted by Gasteiger charge is 2.28. The van der Waals surface area contributed by atoms with Crippen LogP contribution in [0.2, 0.25) is 0 Å². The minimum atomic E-state index is -3.43. The number of aromatic nitrogens is 2. The molecule has 2 aliphatic rings. The van der Waals surface area contributed by atoms with Gasteiger partial charge in [0, 0.05) is 31.5 Å². The molecule has 0 radical (unpaired) electrons. The zero-order chi connectivity index (χ0) is 20.6. The van der Waals surface area contributed by atoms with Crippen molar-refractivity contribution in [2.24, 2.45) is 11.8 Å². The molecule has 2 aromatic rings. The average Bonchev–Trinajstić information content (AvgIpc) is 3.03. The van der Waals surface area contributed by atoms with E-state index in [1.807, 2.05) is 6.07 Å². The van der Waals surface area contributed by atoms with E-state index in [2.05, 4.69) is 25.3 Å². The van der Waals surface area contributed by atoms with Crippen LogP contribution >= 0.6 is 0 Å². The fourth-order valence-corrected chi connectivity index (χ4v) is 6.89. The number of quaternary nitrogens is 1. The van der Waals surface area contributed by atoms with Crippen LogP contribution in [0.15, 0.2) is 23.1 Å². The maximum Gasteiger partial charge on any atom is 0.243 e. The first-order valence-electron chi connectivity index (χ1n) is 11.2. The highest BCUT2D eigenvalue weighted by molar-refractivity contribution is 7.89. The van der Waals surface area contributed by atoms with Crippen LogP contribution in [0.25, 0.3) is 11.0 Å². The average molecular weight is 420 g/mol. The van der Waals surface area contributed by atoms with Gasteiger partial charge in [0.1, 0.15) is 6.54 Å². The number of aryl methyl sites for hydroxylation is 1. The number of piperidine rings is 2. The molecule has 0 unspecified atom stereocenters. The van der Waals surface area contributed by atoms with Crippen molar-refractivity contribution in [3.05, 3.63) is 24.0 Å². The molecule has 4 rings (SSSR count). The van der Waals surface area contributed by atoms with E-state index >= 15 is 0 Å². The fourth-order valence-electron chi connectivity index (χ4n) is 5.35. The van der Waals surface area contributed by atoms with Gasteiger partial charge in [-0.1, -0.05) is 20.3 Å². The summed E-state index contributed by atoms with van der Waals surface area (Å²) in [6.45, 7) is 12.2. The maximum atomic E-state index is 13.1. The van der Waals surface area contributed by atoms with Gasteiger partial charge in [-0.05, 0) is 44.4 Å². The van der Waals surface area contributed by atoms with Crippen molar-refractivity contribution in [2.75, 3.05) is 26.2 Å². The molecule has 2 saturated heterocycles. The third kappa shape index (κ3) is 4.23. The number of hydrogen-bond acceptors (Lipinski definition) is 3. The van der Waals surface area contributed by atoms with Crippen LogP contribution in [-0.2, 0) is 23.1 Å². The molecule has 6 nitrogen and oxygen atoms in total. The maximum absolute atomic E-state index is 13.1. The van der Waals surface area contributed by atoms with Crippen LogP contribution < -0.4 is 4.90 Å². The van der Waals surface area contributed by atoms with Gasteiger partial charge in [0.15, 0.2) is 5.82 Å². The van der Waals surface area contributed by atoms with Crippen molar-refractivity contribution >= 4 is 21.1 Å². The Morgan fingerprint density at radius 1 is 1.10 bits per heavy atom. The van der Waals surface area contributed by atoms with E-state index in [9.17, 15) is 8.42 Å². The Labute approximate surface area is 174 Å². The number of rotatable bonds is 5. The van der Waals surface area contributed by atoms with Crippen molar-refractivity contribution in [1.82, 2.24) is 13.9 Å². The molecule has 0 bridgehead atoms. The van der Waals surface area contributed by atoms with Crippen LogP contribution in [0.3, 0.4) is 0 Å². The normalized spacial score (nSPS) is 26.8. The number of hydrogen-bond donors (Lipinski definition) is 1. The molecule has 3 heterocycles. The van der Waals surface area contributed by atoms with Crippen molar-refractivity contribution < 1.29 is 13.3 Å². The molecule has 2 aliphatic heterocycles. The summed E-state index contributed by atoms with van der Waals surface area (Å²) in [7, 11) is -3.43.